The summed E-state index contributed by atoms with van der Waals surface area (Å²) >= 11 is 7.34. The zero-order valence-corrected chi connectivity index (χ0v) is 12.0. The molecule has 0 radical (unpaired) electrons. The first kappa shape index (κ1) is 14.6. The highest BCUT2D eigenvalue weighted by Gasteiger charge is 2.18. The monoisotopic (exact) mass is 294 g/mol. The Bertz CT molecular complexity index is 491. The van der Waals surface area contributed by atoms with E-state index in [0.29, 0.717) is 11.6 Å². The van der Waals surface area contributed by atoms with Crippen molar-refractivity contribution in [3.63, 3.8) is 0 Å². The summed E-state index contributed by atoms with van der Waals surface area (Å²) < 4.78 is 26.4. The van der Waals surface area contributed by atoms with Crippen LogP contribution in [0.5, 0.6) is 0 Å². The summed E-state index contributed by atoms with van der Waals surface area (Å²) in [5, 5.41) is 0.544. The minimum atomic E-state index is -3.59. The largest absolute Gasteiger partial charge is 0.398 e. The van der Waals surface area contributed by atoms with Crippen molar-refractivity contribution >= 4 is 39.1 Å². The van der Waals surface area contributed by atoms with E-state index in [2.05, 4.69) is 4.72 Å². The standard InChI is InChI=1S/C10H15ClN2O2S2/c1-7(16-2)6-13-17(14,15)10-5-8(11)3-4-9(10)12/h3-5,7,13H,6,12H2,1-2H3. The molecule has 17 heavy (non-hydrogen) atoms. The molecule has 1 unspecified atom stereocenters. The lowest BCUT2D eigenvalue weighted by atomic mass is 10.3. The Hall–Kier alpha value is -0.430. The Balaban J connectivity index is 2.93. The second-order valence-corrected chi connectivity index (χ2v) is 7.03. The lowest BCUT2D eigenvalue weighted by Gasteiger charge is -2.12. The van der Waals surface area contributed by atoms with Crippen LogP contribution in [-0.2, 0) is 10.0 Å². The predicted molar refractivity (Wildman–Crippen MR) is 74.0 cm³/mol. The zero-order chi connectivity index (χ0) is 13.1. The first-order valence-corrected chi connectivity index (χ1v) is 8.09. The van der Waals surface area contributed by atoms with Crippen molar-refractivity contribution in [2.75, 3.05) is 18.5 Å². The first-order chi connectivity index (χ1) is 7.86. The maximum absolute atomic E-state index is 12.0. The lowest BCUT2D eigenvalue weighted by Crippen LogP contribution is -2.30. The van der Waals surface area contributed by atoms with Crippen LogP contribution in [-0.4, -0.2) is 26.5 Å². The molecular formula is C10H15ClN2O2S2. The van der Waals surface area contributed by atoms with Gasteiger partial charge < -0.3 is 5.73 Å². The van der Waals surface area contributed by atoms with E-state index in [4.69, 9.17) is 17.3 Å². The number of rotatable bonds is 5. The van der Waals surface area contributed by atoms with Gasteiger partial charge in [-0.25, -0.2) is 13.1 Å². The fraction of sp³-hybridized carbons (Fsp3) is 0.400. The van der Waals surface area contributed by atoms with E-state index in [1.54, 1.807) is 17.8 Å². The summed E-state index contributed by atoms with van der Waals surface area (Å²) in [7, 11) is -3.59. The highest BCUT2D eigenvalue weighted by atomic mass is 35.5. The maximum atomic E-state index is 12.0. The number of halogens is 1. The van der Waals surface area contributed by atoms with Gasteiger partial charge in [0.15, 0.2) is 0 Å². The predicted octanol–water partition coefficient (Wildman–Crippen LogP) is 1.95. The molecule has 7 heteroatoms. The highest BCUT2D eigenvalue weighted by Crippen LogP contribution is 2.22. The van der Waals surface area contributed by atoms with E-state index in [9.17, 15) is 8.42 Å². The van der Waals surface area contributed by atoms with Crippen molar-refractivity contribution in [1.29, 1.82) is 0 Å². The number of anilines is 1. The Kier molecular flexibility index (Phi) is 5.12. The smallest absolute Gasteiger partial charge is 0.242 e. The van der Waals surface area contributed by atoms with Crippen LogP contribution in [0.2, 0.25) is 5.02 Å². The Morgan fingerprint density at radius 2 is 2.18 bits per heavy atom. The molecule has 0 spiro atoms. The van der Waals surface area contributed by atoms with E-state index in [0.717, 1.165) is 0 Å². The highest BCUT2D eigenvalue weighted by molar-refractivity contribution is 7.99. The van der Waals surface area contributed by atoms with Crippen LogP contribution in [0.1, 0.15) is 6.92 Å². The van der Waals surface area contributed by atoms with Gasteiger partial charge in [-0.15, -0.1) is 0 Å². The normalized spacial score (nSPS) is 13.6. The molecular weight excluding hydrogens is 280 g/mol. The molecule has 0 saturated heterocycles. The quantitative estimate of drug-likeness (QED) is 0.814. The van der Waals surface area contributed by atoms with Crippen molar-refractivity contribution < 1.29 is 8.42 Å². The number of nitrogen functional groups attached to an aromatic ring is 1. The molecule has 96 valence electrons. The fourth-order valence-corrected chi connectivity index (χ4v) is 3.01. The number of benzene rings is 1. The molecule has 0 heterocycles. The molecule has 0 aliphatic rings. The molecule has 0 saturated carbocycles. The summed E-state index contributed by atoms with van der Waals surface area (Å²) in [6.07, 6.45) is 1.92. The van der Waals surface area contributed by atoms with Crippen molar-refractivity contribution in [2.24, 2.45) is 0 Å². The minimum absolute atomic E-state index is 0.0262. The van der Waals surface area contributed by atoms with Crippen LogP contribution < -0.4 is 10.5 Å². The molecule has 1 rings (SSSR count). The molecule has 1 atom stereocenters. The average molecular weight is 295 g/mol. The molecule has 0 fully saturated rings. The molecule has 0 aromatic heterocycles. The van der Waals surface area contributed by atoms with Gasteiger partial charge in [0.2, 0.25) is 10.0 Å². The number of sulfonamides is 1. The van der Waals surface area contributed by atoms with Gasteiger partial charge in [0.1, 0.15) is 4.90 Å². The number of nitrogens with two attached hydrogens (primary N) is 1. The molecule has 4 nitrogen and oxygen atoms in total. The van der Waals surface area contributed by atoms with Crippen LogP contribution >= 0.6 is 23.4 Å². The minimum Gasteiger partial charge on any atom is -0.398 e. The summed E-state index contributed by atoms with van der Waals surface area (Å²) in [5.74, 6) is 0. The van der Waals surface area contributed by atoms with Crippen molar-refractivity contribution in [2.45, 2.75) is 17.1 Å². The van der Waals surface area contributed by atoms with E-state index in [-0.39, 0.29) is 15.8 Å². The Labute approximate surface area is 111 Å². The van der Waals surface area contributed by atoms with E-state index in [1.807, 2.05) is 13.2 Å². The molecule has 3 N–H and O–H groups in total. The third kappa shape index (κ3) is 4.06. The van der Waals surface area contributed by atoms with E-state index in [1.165, 1.54) is 12.1 Å². The fourth-order valence-electron chi connectivity index (χ4n) is 1.13. The summed E-state index contributed by atoms with van der Waals surface area (Å²) in [5.41, 5.74) is 5.82. The molecule has 1 aromatic carbocycles. The van der Waals surface area contributed by atoms with Gasteiger partial charge >= 0.3 is 0 Å². The number of thioether (sulfide) groups is 1. The molecule has 0 aliphatic carbocycles. The Morgan fingerprint density at radius 1 is 1.53 bits per heavy atom. The van der Waals surface area contributed by atoms with Gasteiger partial charge in [-0.05, 0) is 24.5 Å². The van der Waals surface area contributed by atoms with Crippen LogP contribution in [0, 0.1) is 0 Å². The van der Waals surface area contributed by atoms with Crippen molar-refractivity contribution in [3.05, 3.63) is 23.2 Å². The van der Waals surface area contributed by atoms with Crippen molar-refractivity contribution in [3.8, 4) is 0 Å². The lowest BCUT2D eigenvalue weighted by molar-refractivity contribution is 0.582. The van der Waals surface area contributed by atoms with Gasteiger partial charge in [0, 0.05) is 16.8 Å². The molecule has 0 aliphatic heterocycles. The molecule has 0 amide bonds. The van der Waals surface area contributed by atoms with Crippen LogP contribution in [0.15, 0.2) is 23.1 Å². The number of nitrogens with one attached hydrogen (secondary N) is 1. The molecule has 1 aromatic rings. The Morgan fingerprint density at radius 3 is 2.76 bits per heavy atom. The second-order valence-electron chi connectivity index (χ2n) is 3.58. The van der Waals surface area contributed by atoms with E-state index >= 15 is 0 Å². The van der Waals surface area contributed by atoms with Crippen LogP contribution in [0.3, 0.4) is 0 Å². The molecule has 0 bridgehead atoms. The third-order valence-electron chi connectivity index (χ3n) is 2.23. The van der Waals surface area contributed by atoms with E-state index < -0.39 is 10.0 Å². The van der Waals surface area contributed by atoms with Gasteiger partial charge in [0.05, 0.1) is 5.69 Å². The van der Waals surface area contributed by atoms with Gasteiger partial charge in [-0.2, -0.15) is 11.8 Å². The summed E-state index contributed by atoms with van der Waals surface area (Å²) in [6, 6.07) is 4.39. The first-order valence-electron chi connectivity index (χ1n) is 4.94. The summed E-state index contributed by atoms with van der Waals surface area (Å²) in [4.78, 5) is 0.0262. The topological polar surface area (TPSA) is 72.2 Å². The maximum Gasteiger partial charge on any atom is 0.242 e. The second kappa shape index (κ2) is 5.95. The van der Waals surface area contributed by atoms with Crippen LogP contribution in [0.4, 0.5) is 5.69 Å². The van der Waals surface area contributed by atoms with Crippen LogP contribution in [0.25, 0.3) is 0 Å². The summed E-state index contributed by atoms with van der Waals surface area (Å²) in [6.45, 7) is 2.30. The SMILES string of the molecule is CSC(C)CNS(=O)(=O)c1cc(Cl)ccc1N. The number of hydrogen-bond donors (Lipinski definition) is 2. The van der Waals surface area contributed by atoms with Gasteiger partial charge in [0.25, 0.3) is 0 Å². The van der Waals surface area contributed by atoms with Crippen molar-refractivity contribution in [1.82, 2.24) is 4.72 Å². The number of hydrogen-bond acceptors (Lipinski definition) is 4. The zero-order valence-electron chi connectivity index (χ0n) is 9.60. The van der Waals surface area contributed by atoms with Gasteiger partial charge in [-0.3, -0.25) is 0 Å². The van der Waals surface area contributed by atoms with Gasteiger partial charge in [-0.1, -0.05) is 18.5 Å². The third-order valence-corrected chi connectivity index (χ3v) is 4.91. The average Bonchev–Trinajstić information content (AvgIpc) is 2.29.